The molecule has 2 aliphatic rings. The number of likely N-dealkylation sites (tertiary alicyclic amines) is 1. The smallest absolute Gasteiger partial charge is 0.251 e. The molecule has 3 heterocycles. The first-order valence-electron chi connectivity index (χ1n) is 8.37. The van der Waals surface area contributed by atoms with E-state index in [1.807, 2.05) is 11.0 Å². The highest BCUT2D eigenvalue weighted by atomic mass is 35.5. The van der Waals surface area contributed by atoms with Crippen molar-refractivity contribution >= 4 is 23.3 Å². The molecular formula is C17H19ClF2N4O. The second kappa shape index (κ2) is 7.12. The maximum atomic E-state index is 13.2. The van der Waals surface area contributed by atoms with Crippen molar-refractivity contribution in [3.63, 3.8) is 0 Å². The number of aromatic nitrogens is 1. The zero-order chi connectivity index (χ0) is 18.0. The Kier molecular flexibility index (Phi) is 5.09. The molecule has 0 spiro atoms. The van der Waals surface area contributed by atoms with Gasteiger partial charge in [0.15, 0.2) is 0 Å². The fourth-order valence-electron chi connectivity index (χ4n) is 3.38. The lowest BCUT2D eigenvalue weighted by molar-refractivity contribution is -0.142. The topological polar surface area (TPSA) is 60.2 Å². The third-order valence-corrected chi connectivity index (χ3v) is 5.18. The van der Waals surface area contributed by atoms with E-state index in [1.165, 1.54) is 6.20 Å². The van der Waals surface area contributed by atoms with Crippen molar-refractivity contribution < 1.29 is 13.6 Å². The van der Waals surface area contributed by atoms with Gasteiger partial charge in [-0.3, -0.25) is 4.79 Å². The Morgan fingerprint density at radius 1 is 1.28 bits per heavy atom. The Balaban J connectivity index is 1.57. The van der Waals surface area contributed by atoms with Gasteiger partial charge in [-0.15, -0.1) is 0 Å². The summed E-state index contributed by atoms with van der Waals surface area (Å²) in [6, 6.07) is 3.57. The van der Waals surface area contributed by atoms with Crippen molar-refractivity contribution in [3.05, 3.63) is 22.8 Å². The number of piperidine rings is 2. The van der Waals surface area contributed by atoms with Crippen molar-refractivity contribution in [2.24, 2.45) is 5.92 Å². The van der Waals surface area contributed by atoms with Crippen molar-refractivity contribution in [2.45, 2.75) is 31.6 Å². The van der Waals surface area contributed by atoms with Crippen molar-refractivity contribution in [3.8, 4) is 6.07 Å². The van der Waals surface area contributed by atoms with Gasteiger partial charge in [0.25, 0.3) is 5.92 Å². The molecule has 25 heavy (non-hydrogen) atoms. The molecule has 0 bridgehead atoms. The second-order valence-electron chi connectivity index (χ2n) is 6.58. The number of anilines is 1. The largest absolute Gasteiger partial charge is 0.355 e. The minimum absolute atomic E-state index is 0.0194. The third-order valence-electron chi connectivity index (χ3n) is 4.90. The molecule has 0 aromatic carbocycles. The lowest BCUT2D eigenvalue weighted by Gasteiger charge is -2.37. The quantitative estimate of drug-likeness (QED) is 0.804. The van der Waals surface area contributed by atoms with E-state index in [2.05, 4.69) is 4.98 Å². The molecule has 1 aromatic rings. The Labute approximate surface area is 150 Å². The predicted molar refractivity (Wildman–Crippen MR) is 89.7 cm³/mol. The van der Waals surface area contributed by atoms with Crippen LogP contribution in [-0.2, 0) is 4.79 Å². The zero-order valence-corrected chi connectivity index (χ0v) is 14.5. The van der Waals surface area contributed by atoms with E-state index in [0.717, 1.165) is 0 Å². The highest BCUT2D eigenvalue weighted by Crippen LogP contribution is 2.31. The van der Waals surface area contributed by atoms with E-state index in [4.69, 9.17) is 16.9 Å². The van der Waals surface area contributed by atoms with Gasteiger partial charge >= 0.3 is 0 Å². The molecule has 0 aliphatic carbocycles. The summed E-state index contributed by atoms with van der Waals surface area (Å²) in [4.78, 5) is 20.4. The van der Waals surface area contributed by atoms with Crippen LogP contribution in [0, 0.1) is 17.2 Å². The number of hydrogen-bond acceptors (Lipinski definition) is 4. The van der Waals surface area contributed by atoms with Crippen LogP contribution in [0.25, 0.3) is 0 Å². The zero-order valence-electron chi connectivity index (χ0n) is 13.7. The van der Waals surface area contributed by atoms with Gasteiger partial charge in [0.1, 0.15) is 11.9 Å². The van der Waals surface area contributed by atoms with E-state index >= 15 is 0 Å². The molecule has 0 atom stereocenters. The van der Waals surface area contributed by atoms with Crippen LogP contribution in [0.15, 0.2) is 12.3 Å². The molecule has 2 saturated heterocycles. The number of pyridine rings is 1. The van der Waals surface area contributed by atoms with E-state index in [1.54, 1.807) is 11.0 Å². The lowest BCUT2D eigenvalue weighted by atomic mass is 9.94. The summed E-state index contributed by atoms with van der Waals surface area (Å²) in [6.07, 6.45) is 2.27. The monoisotopic (exact) mass is 368 g/mol. The van der Waals surface area contributed by atoms with Gasteiger partial charge < -0.3 is 9.80 Å². The maximum absolute atomic E-state index is 13.2. The maximum Gasteiger partial charge on any atom is 0.251 e. The Bertz CT molecular complexity index is 688. The van der Waals surface area contributed by atoms with Crippen LogP contribution < -0.4 is 4.90 Å². The van der Waals surface area contributed by atoms with Gasteiger partial charge in [-0.1, -0.05) is 11.6 Å². The summed E-state index contributed by atoms with van der Waals surface area (Å²) < 4.78 is 26.5. The van der Waals surface area contributed by atoms with Crippen molar-refractivity contribution in [1.82, 2.24) is 9.88 Å². The molecule has 0 radical (unpaired) electrons. The average Bonchev–Trinajstić information content (AvgIpc) is 2.61. The SMILES string of the molecule is N#Cc1cnc(N2CCC(C(=O)N3CCC(F)(F)CC3)CC2)c(Cl)c1. The van der Waals surface area contributed by atoms with Crippen LogP contribution in [-0.4, -0.2) is 47.9 Å². The first-order chi connectivity index (χ1) is 11.9. The first kappa shape index (κ1) is 17.9. The van der Waals surface area contributed by atoms with Gasteiger partial charge in [-0.25, -0.2) is 13.8 Å². The third kappa shape index (κ3) is 4.01. The Morgan fingerprint density at radius 2 is 1.92 bits per heavy atom. The molecule has 3 rings (SSSR count). The fraction of sp³-hybridized carbons (Fsp3) is 0.588. The minimum Gasteiger partial charge on any atom is -0.355 e. The van der Waals surface area contributed by atoms with E-state index in [-0.39, 0.29) is 37.8 Å². The molecule has 1 aromatic heterocycles. The van der Waals surface area contributed by atoms with Crippen LogP contribution in [0.3, 0.4) is 0 Å². The standard InChI is InChI=1S/C17H19ClF2N4O/c18-14-9-12(10-21)11-22-15(14)23-5-1-13(2-6-23)16(25)24-7-3-17(19,20)4-8-24/h9,11,13H,1-8H2. The molecule has 1 amide bonds. The van der Waals surface area contributed by atoms with Gasteiger partial charge in [0, 0.05) is 51.1 Å². The normalized spacial score (nSPS) is 21.0. The van der Waals surface area contributed by atoms with Gasteiger partial charge in [-0.05, 0) is 18.9 Å². The highest BCUT2D eigenvalue weighted by molar-refractivity contribution is 6.33. The summed E-state index contributed by atoms with van der Waals surface area (Å²) in [5.74, 6) is -2.18. The predicted octanol–water partition coefficient (Wildman–Crippen LogP) is 3.08. The summed E-state index contributed by atoms with van der Waals surface area (Å²) in [7, 11) is 0. The molecule has 2 aliphatic heterocycles. The summed E-state index contributed by atoms with van der Waals surface area (Å²) in [5.41, 5.74) is 0.403. The number of rotatable bonds is 2. The van der Waals surface area contributed by atoms with E-state index in [0.29, 0.717) is 42.3 Å². The van der Waals surface area contributed by atoms with E-state index < -0.39 is 5.92 Å². The second-order valence-corrected chi connectivity index (χ2v) is 6.99. The molecule has 0 unspecified atom stereocenters. The number of carbonyl (C=O) groups is 1. The van der Waals surface area contributed by atoms with Crippen LogP contribution in [0.1, 0.15) is 31.2 Å². The molecule has 0 saturated carbocycles. The summed E-state index contributed by atoms with van der Waals surface area (Å²) in [6.45, 7) is 1.52. The van der Waals surface area contributed by atoms with Gasteiger partial charge in [0.2, 0.25) is 5.91 Å². The lowest BCUT2D eigenvalue weighted by Crippen LogP contribution is -2.47. The molecule has 5 nitrogen and oxygen atoms in total. The number of alkyl halides is 2. The molecule has 134 valence electrons. The molecular weight excluding hydrogens is 350 g/mol. The molecule has 2 fully saturated rings. The first-order valence-corrected chi connectivity index (χ1v) is 8.74. The highest BCUT2D eigenvalue weighted by Gasteiger charge is 2.38. The minimum atomic E-state index is -2.64. The number of nitriles is 1. The van der Waals surface area contributed by atoms with Crippen LogP contribution in [0.4, 0.5) is 14.6 Å². The molecule has 8 heteroatoms. The number of amides is 1. The van der Waals surface area contributed by atoms with E-state index in [9.17, 15) is 13.6 Å². The number of nitrogens with zero attached hydrogens (tertiary/aromatic N) is 4. The Morgan fingerprint density at radius 3 is 2.48 bits per heavy atom. The summed E-state index contributed by atoms with van der Waals surface area (Å²) >= 11 is 6.19. The number of hydrogen-bond donors (Lipinski definition) is 0. The molecule has 0 N–H and O–H groups in total. The van der Waals surface area contributed by atoms with Crippen LogP contribution >= 0.6 is 11.6 Å². The number of halogens is 3. The Hall–Kier alpha value is -1.94. The fourth-order valence-corrected chi connectivity index (χ4v) is 3.66. The van der Waals surface area contributed by atoms with Crippen LogP contribution in [0.2, 0.25) is 5.02 Å². The average molecular weight is 369 g/mol. The van der Waals surface area contributed by atoms with Crippen molar-refractivity contribution in [2.75, 3.05) is 31.1 Å². The summed E-state index contributed by atoms with van der Waals surface area (Å²) in [5, 5.41) is 9.28. The number of carbonyl (C=O) groups excluding carboxylic acids is 1. The van der Waals surface area contributed by atoms with Crippen molar-refractivity contribution in [1.29, 1.82) is 5.26 Å². The van der Waals surface area contributed by atoms with Gasteiger partial charge in [-0.2, -0.15) is 5.26 Å². The van der Waals surface area contributed by atoms with Gasteiger partial charge in [0.05, 0.1) is 10.6 Å². The van der Waals surface area contributed by atoms with Crippen LogP contribution in [0.5, 0.6) is 0 Å².